The molecule has 0 N–H and O–H groups in total. The second-order valence-electron chi connectivity index (χ2n) is 5.08. The van der Waals surface area contributed by atoms with Gasteiger partial charge in [0.1, 0.15) is 17.3 Å². The van der Waals surface area contributed by atoms with Crippen LogP contribution in [-0.4, -0.2) is 14.1 Å². The molecule has 0 radical (unpaired) electrons. The van der Waals surface area contributed by atoms with Gasteiger partial charge in [-0.05, 0) is 37.1 Å². The molecule has 2 heterocycles. The maximum Gasteiger partial charge on any atom is 0.251 e. The van der Waals surface area contributed by atoms with Gasteiger partial charge in [0.2, 0.25) is 0 Å². The number of hydrogen-bond donors (Lipinski definition) is 0. The first-order chi connectivity index (χ1) is 11.0. The van der Waals surface area contributed by atoms with E-state index in [1.54, 1.807) is 23.7 Å². The molecule has 0 unspecified atom stereocenters. The molecule has 0 fully saturated rings. The first-order valence-electron chi connectivity index (χ1n) is 7.04. The van der Waals surface area contributed by atoms with Gasteiger partial charge in [-0.15, -0.1) is 0 Å². The number of halogens is 1. The molecular formula is C18H14ClN3O. The van der Waals surface area contributed by atoms with Gasteiger partial charge in [-0.3, -0.25) is 13.9 Å². The zero-order valence-electron chi connectivity index (χ0n) is 12.7. The van der Waals surface area contributed by atoms with Crippen molar-refractivity contribution in [1.82, 2.24) is 14.1 Å². The van der Waals surface area contributed by atoms with Crippen LogP contribution in [0.25, 0.3) is 5.82 Å². The minimum Gasteiger partial charge on any atom is -0.297 e. The molecule has 3 aromatic rings. The fraction of sp³-hybridized carbons (Fsp3) is 0.111. The maximum atomic E-state index is 11.8. The van der Waals surface area contributed by atoms with E-state index in [0.717, 1.165) is 17.2 Å². The van der Waals surface area contributed by atoms with Gasteiger partial charge < -0.3 is 0 Å². The molecule has 0 aliphatic carbocycles. The number of benzene rings is 1. The van der Waals surface area contributed by atoms with E-state index in [0.29, 0.717) is 10.7 Å². The van der Waals surface area contributed by atoms with Crippen molar-refractivity contribution in [2.45, 2.75) is 6.92 Å². The Bertz CT molecular complexity index is 989. The predicted octanol–water partition coefficient (Wildman–Crippen LogP) is 2.93. The predicted molar refractivity (Wildman–Crippen MR) is 91.0 cm³/mol. The third kappa shape index (κ3) is 3.20. The highest BCUT2D eigenvalue weighted by Gasteiger charge is 2.07. The molecule has 0 bridgehead atoms. The zero-order chi connectivity index (χ0) is 16.4. The van der Waals surface area contributed by atoms with E-state index in [9.17, 15) is 4.79 Å². The van der Waals surface area contributed by atoms with Crippen molar-refractivity contribution < 1.29 is 0 Å². The number of rotatable bonds is 1. The molecule has 0 atom stereocenters. The Morgan fingerprint density at radius 3 is 2.70 bits per heavy atom. The molecule has 0 aliphatic rings. The first kappa shape index (κ1) is 15.1. The van der Waals surface area contributed by atoms with Crippen molar-refractivity contribution >= 4 is 11.6 Å². The van der Waals surface area contributed by atoms with Crippen LogP contribution < -0.4 is 5.56 Å². The number of imidazole rings is 1. The molecule has 0 spiro atoms. The van der Waals surface area contributed by atoms with Crippen LogP contribution in [0, 0.1) is 18.8 Å². The molecule has 114 valence electrons. The summed E-state index contributed by atoms with van der Waals surface area (Å²) in [6.45, 7) is 1.88. The first-order valence-corrected chi connectivity index (χ1v) is 7.42. The molecule has 3 rings (SSSR count). The monoisotopic (exact) mass is 323 g/mol. The van der Waals surface area contributed by atoms with E-state index < -0.39 is 0 Å². The molecule has 4 nitrogen and oxygen atoms in total. The Kier molecular flexibility index (Phi) is 4.05. The van der Waals surface area contributed by atoms with Gasteiger partial charge in [0.25, 0.3) is 5.56 Å². The summed E-state index contributed by atoms with van der Waals surface area (Å²) >= 11 is 5.95. The van der Waals surface area contributed by atoms with E-state index in [4.69, 9.17) is 11.6 Å². The average molecular weight is 324 g/mol. The molecule has 0 saturated carbocycles. The summed E-state index contributed by atoms with van der Waals surface area (Å²) in [5.41, 5.74) is 1.40. The maximum absolute atomic E-state index is 11.8. The second kappa shape index (κ2) is 6.15. The number of nitrogens with zero attached hydrogens (tertiary/aromatic N) is 3. The number of pyridine rings is 1. The number of aromatic nitrogens is 3. The summed E-state index contributed by atoms with van der Waals surface area (Å²) in [6, 6.07) is 12.5. The van der Waals surface area contributed by atoms with Crippen LogP contribution in [0.5, 0.6) is 0 Å². The summed E-state index contributed by atoms with van der Waals surface area (Å²) in [7, 11) is 1.73. The summed E-state index contributed by atoms with van der Waals surface area (Å²) in [4.78, 5) is 16.2. The van der Waals surface area contributed by atoms with Crippen molar-refractivity contribution in [3.05, 3.63) is 81.1 Å². The Morgan fingerprint density at radius 1 is 1.13 bits per heavy atom. The van der Waals surface area contributed by atoms with Crippen LogP contribution >= 0.6 is 11.6 Å². The molecular weight excluding hydrogens is 310 g/mol. The van der Waals surface area contributed by atoms with Gasteiger partial charge in [-0.1, -0.05) is 29.7 Å². The van der Waals surface area contributed by atoms with Crippen LogP contribution in [0.3, 0.4) is 0 Å². The summed E-state index contributed by atoms with van der Waals surface area (Å²) in [6.07, 6.45) is 1.82. The molecule has 23 heavy (non-hydrogen) atoms. The van der Waals surface area contributed by atoms with E-state index in [2.05, 4.69) is 16.8 Å². The highest BCUT2D eigenvalue weighted by Crippen LogP contribution is 2.11. The van der Waals surface area contributed by atoms with E-state index in [-0.39, 0.29) is 5.56 Å². The Labute approximate surface area is 139 Å². The molecule has 2 aromatic heterocycles. The van der Waals surface area contributed by atoms with Gasteiger partial charge in [0, 0.05) is 29.9 Å². The normalized spacial score (nSPS) is 10.2. The van der Waals surface area contributed by atoms with Crippen molar-refractivity contribution in [2.75, 3.05) is 0 Å². The lowest BCUT2D eigenvalue weighted by Crippen LogP contribution is -2.19. The number of hydrogen-bond acceptors (Lipinski definition) is 2. The van der Waals surface area contributed by atoms with E-state index in [1.165, 1.54) is 6.07 Å². The van der Waals surface area contributed by atoms with Gasteiger partial charge in [-0.25, -0.2) is 4.98 Å². The average Bonchev–Trinajstić information content (AvgIpc) is 2.89. The van der Waals surface area contributed by atoms with E-state index >= 15 is 0 Å². The smallest absolute Gasteiger partial charge is 0.251 e. The molecule has 0 aliphatic heterocycles. The topological polar surface area (TPSA) is 39.8 Å². The van der Waals surface area contributed by atoms with Crippen molar-refractivity contribution in [1.29, 1.82) is 0 Å². The van der Waals surface area contributed by atoms with Crippen LogP contribution in [0.15, 0.2) is 53.5 Å². The highest BCUT2D eigenvalue weighted by molar-refractivity contribution is 6.30. The molecule has 5 heteroatoms. The van der Waals surface area contributed by atoms with Gasteiger partial charge >= 0.3 is 0 Å². The Balaban J connectivity index is 1.99. The molecule has 1 aromatic carbocycles. The lowest BCUT2D eigenvalue weighted by molar-refractivity contribution is 0.779. The summed E-state index contributed by atoms with van der Waals surface area (Å²) < 4.78 is 3.42. The zero-order valence-corrected chi connectivity index (χ0v) is 13.5. The minimum absolute atomic E-state index is 0.0674. The van der Waals surface area contributed by atoms with Crippen LogP contribution in [0.4, 0.5) is 0 Å². The third-order valence-corrected chi connectivity index (χ3v) is 3.68. The fourth-order valence-corrected chi connectivity index (χ4v) is 2.45. The van der Waals surface area contributed by atoms with Crippen LogP contribution in [0.1, 0.15) is 17.1 Å². The summed E-state index contributed by atoms with van der Waals surface area (Å²) in [5, 5.41) is 0.651. The van der Waals surface area contributed by atoms with Crippen molar-refractivity contribution in [2.24, 2.45) is 7.05 Å². The van der Waals surface area contributed by atoms with Crippen molar-refractivity contribution in [3.63, 3.8) is 0 Å². The fourth-order valence-electron chi connectivity index (χ4n) is 2.26. The largest absolute Gasteiger partial charge is 0.297 e. The number of aryl methyl sites for hydroxylation is 1. The lowest BCUT2D eigenvalue weighted by Gasteiger charge is -2.09. The highest BCUT2D eigenvalue weighted by atomic mass is 35.5. The SMILES string of the molecule is Cc1nc(C#Cc2cccc(Cl)c2)cn1-c1cccc(=O)n1C. The Morgan fingerprint density at radius 2 is 1.91 bits per heavy atom. The molecule has 0 saturated heterocycles. The van der Waals surface area contributed by atoms with Crippen LogP contribution in [0.2, 0.25) is 5.02 Å². The standard InChI is InChI=1S/C18H14ClN3O/c1-13-20-16(10-9-14-5-3-6-15(19)11-14)12-22(13)17-7-4-8-18(23)21(17)2/h3-8,11-12H,1-2H3. The van der Waals surface area contributed by atoms with Crippen LogP contribution in [-0.2, 0) is 7.05 Å². The quantitative estimate of drug-likeness (QED) is 0.646. The van der Waals surface area contributed by atoms with E-state index in [1.807, 2.05) is 42.0 Å². The van der Waals surface area contributed by atoms with Gasteiger partial charge in [-0.2, -0.15) is 0 Å². The summed E-state index contributed by atoms with van der Waals surface area (Å²) in [5.74, 6) is 7.58. The lowest BCUT2D eigenvalue weighted by atomic mass is 10.2. The van der Waals surface area contributed by atoms with Crippen molar-refractivity contribution in [3.8, 4) is 17.7 Å². The van der Waals surface area contributed by atoms with Gasteiger partial charge in [0.15, 0.2) is 0 Å². The third-order valence-electron chi connectivity index (χ3n) is 3.45. The Hall–Kier alpha value is -2.77. The minimum atomic E-state index is -0.0674. The van der Waals surface area contributed by atoms with Gasteiger partial charge in [0.05, 0.1) is 0 Å². The second-order valence-corrected chi connectivity index (χ2v) is 5.52. The molecule has 0 amide bonds.